The summed E-state index contributed by atoms with van der Waals surface area (Å²) in [4.78, 5) is 8.79. The molecule has 3 N–H and O–H groups in total. The summed E-state index contributed by atoms with van der Waals surface area (Å²) in [6.45, 7) is 11.1. The molecule has 7 heteroatoms. The monoisotopic (exact) mass is 561 g/mol. The second kappa shape index (κ2) is 12.7. The molecular weight excluding hydrogens is 525 g/mol. The Hall–Kier alpha value is -2.39. The van der Waals surface area contributed by atoms with E-state index >= 15 is 0 Å². The van der Waals surface area contributed by atoms with Gasteiger partial charge in [0.15, 0.2) is 5.96 Å². The van der Waals surface area contributed by atoms with Crippen LogP contribution in [0.1, 0.15) is 56.1 Å². The van der Waals surface area contributed by atoms with E-state index in [2.05, 4.69) is 72.8 Å². The van der Waals surface area contributed by atoms with Crippen LogP contribution < -0.4 is 10.6 Å². The molecule has 178 valence electrons. The fraction of sp³-hybridized carbons (Fsp3) is 0.385. The minimum atomic E-state index is -0.605. The van der Waals surface area contributed by atoms with Crippen molar-refractivity contribution < 1.29 is 5.11 Å². The molecule has 3 rings (SSSR count). The third-order valence-electron chi connectivity index (χ3n) is 5.30. The van der Waals surface area contributed by atoms with E-state index in [1.54, 1.807) is 6.20 Å². The summed E-state index contributed by atoms with van der Waals surface area (Å²) in [5.74, 6) is 0.692. The number of guanidine groups is 1. The first-order chi connectivity index (χ1) is 15.3. The van der Waals surface area contributed by atoms with Gasteiger partial charge >= 0.3 is 0 Å². The van der Waals surface area contributed by atoms with Gasteiger partial charge in [0.1, 0.15) is 0 Å². The zero-order valence-electron chi connectivity index (χ0n) is 20.0. The molecule has 0 bridgehead atoms. The second-order valence-corrected chi connectivity index (χ2v) is 9.02. The Morgan fingerprint density at radius 3 is 2.45 bits per heavy atom. The molecule has 0 spiro atoms. The van der Waals surface area contributed by atoms with Crippen molar-refractivity contribution in [3.63, 3.8) is 0 Å². The number of benzene rings is 2. The molecule has 1 atom stereocenters. The Balaban J connectivity index is 0.00000385. The summed E-state index contributed by atoms with van der Waals surface area (Å²) >= 11 is 0. The lowest BCUT2D eigenvalue weighted by Crippen LogP contribution is -2.39. The first-order valence-electron chi connectivity index (χ1n) is 11.2. The van der Waals surface area contributed by atoms with Crippen LogP contribution in [-0.2, 0) is 18.5 Å². The van der Waals surface area contributed by atoms with Crippen molar-refractivity contribution in [1.29, 1.82) is 0 Å². The number of hydrogen-bond donors (Lipinski definition) is 3. The maximum atomic E-state index is 10.6. The van der Waals surface area contributed by atoms with E-state index in [1.807, 2.05) is 36.1 Å². The number of aromatic nitrogens is 2. The van der Waals surface area contributed by atoms with Gasteiger partial charge in [-0.15, -0.1) is 24.0 Å². The Morgan fingerprint density at radius 2 is 1.82 bits per heavy atom. The molecule has 0 amide bonds. The third-order valence-corrected chi connectivity index (χ3v) is 5.30. The van der Waals surface area contributed by atoms with Crippen LogP contribution >= 0.6 is 24.0 Å². The van der Waals surface area contributed by atoms with Crippen LogP contribution in [0.4, 0.5) is 0 Å². The molecule has 3 aromatic rings. The predicted molar refractivity (Wildman–Crippen MR) is 146 cm³/mol. The Morgan fingerprint density at radius 1 is 1.09 bits per heavy atom. The molecule has 0 aliphatic carbocycles. The molecule has 0 saturated heterocycles. The van der Waals surface area contributed by atoms with E-state index in [1.165, 1.54) is 11.1 Å². The van der Waals surface area contributed by atoms with Gasteiger partial charge in [0.05, 0.1) is 19.0 Å². The quantitative estimate of drug-likeness (QED) is 0.213. The van der Waals surface area contributed by atoms with Crippen molar-refractivity contribution in [2.75, 3.05) is 13.1 Å². The Labute approximate surface area is 214 Å². The summed E-state index contributed by atoms with van der Waals surface area (Å²) in [6.07, 6.45) is 4.96. The molecule has 1 unspecified atom stereocenters. The second-order valence-electron chi connectivity index (χ2n) is 9.02. The van der Waals surface area contributed by atoms with Crippen LogP contribution in [0.25, 0.3) is 0 Å². The fourth-order valence-electron chi connectivity index (χ4n) is 3.45. The average molecular weight is 562 g/mol. The van der Waals surface area contributed by atoms with Crippen LogP contribution in [0.5, 0.6) is 0 Å². The van der Waals surface area contributed by atoms with Crippen molar-refractivity contribution in [1.82, 2.24) is 20.2 Å². The minimum absolute atomic E-state index is 0. The van der Waals surface area contributed by atoms with Gasteiger partial charge < -0.3 is 20.3 Å². The average Bonchev–Trinajstić information content (AvgIpc) is 3.28. The molecule has 1 heterocycles. The Bertz CT molecular complexity index is 994. The number of aliphatic hydroxyl groups is 1. The summed E-state index contributed by atoms with van der Waals surface area (Å²) in [7, 11) is 0. The zero-order chi connectivity index (χ0) is 23.0. The van der Waals surface area contributed by atoms with Crippen LogP contribution in [0.3, 0.4) is 0 Å². The maximum absolute atomic E-state index is 10.6. The number of hydrogen-bond acceptors (Lipinski definition) is 3. The molecule has 1 aromatic heterocycles. The summed E-state index contributed by atoms with van der Waals surface area (Å²) in [6, 6.07) is 16.6. The molecular formula is C26H36IN5O. The van der Waals surface area contributed by atoms with Gasteiger partial charge in [0.2, 0.25) is 0 Å². The summed E-state index contributed by atoms with van der Waals surface area (Å²) < 4.78 is 2.05. The number of halogens is 1. The van der Waals surface area contributed by atoms with Gasteiger partial charge in [-0.2, -0.15) is 0 Å². The molecule has 0 radical (unpaired) electrons. The molecule has 0 fully saturated rings. The van der Waals surface area contributed by atoms with Crippen molar-refractivity contribution in [3.8, 4) is 0 Å². The first-order valence-corrected chi connectivity index (χ1v) is 11.2. The van der Waals surface area contributed by atoms with Crippen molar-refractivity contribution in [2.45, 2.75) is 52.3 Å². The highest BCUT2D eigenvalue weighted by atomic mass is 127. The lowest BCUT2D eigenvalue weighted by atomic mass is 9.86. The van der Waals surface area contributed by atoms with Crippen LogP contribution in [0.2, 0.25) is 0 Å². The largest absolute Gasteiger partial charge is 0.387 e. The lowest BCUT2D eigenvalue weighted by Gasteiger charge is -2.20. The standard InChI is InChI=1S/C26H35N5O.HI/c1-5-28-25(30-17-24(32)22-9-11-23(12-10-22)26(2,3)4)29-16-20-7-6-8-21(15-20)18-31-14-13-27-19-31;/h6-15,19,24,32H,5,16-18H2,1-4H3,(H2,28,29,30);1H. The number of imidazole rings is 1. The van der Waals surface area contributed by atoms with Crippen LogP contribution in [0.15, 0.2) is 72.2 Å². The lowest BCUT2D eigenvalue weighted by molar-refractivity contribution is 0.181. The number of aliphatic hydroxyl groups excluding tert-OH is 1. The normalized spacial score (nSPS) is 12.7. The zero-order valence-corrected chi connectivity index (χ0v) is 22.3. The van der Waals surface area contributed by atoms with E-state index in [0.717, 1.165) is 24.2 Å². The molecule has 6 nitrogen and oxygen atoms in total. The highest BCUT2D eigenvalue weighted by molar-refractivity contribution is 14.0. The SMILES string of the molecule is CCNC(=NCc1cccc(Cn2ccnc2)c1)NCC(O)c1ccc(C(C)(C)C)cc1.I. The molecule has 0 saturated carbocycles. The van der Waals surface area contributed by atoms with Gasteiger partial charge in [-0.3, -0.25) is 0 Å². The highest BCUT2D eigenvalue weighted by Crippen LogP contribution is 2.23. The maximum Gasteiger partial charge on any atom is 0.191 e. The van der Waals surface area contributed by atoms with E-state index in [4.69, 9.17) is 4.99 Å². The molecule has 0 aliphatic rings. The smallest absolute Gasteiger partial charge is 0.191 e. The number of aliphatic imine (C=N–C) groups is 1. The third kappa shape index (κ3) is 8.47. The van der Waals surface area contributed by atoms with Gasteiger partial charge in [-0.25, -0.2) is 9.98 Å². The summed E-state index contributed by atoms with van der Waals surface area (Å²) in [5, 5.41) is 17.1. The van der Waals surface area contributed by atoms with E-state index in [9.17, 15) is 5.11 Å². The number of nitrogens with zero attached hydrogens (tertiary/aromatic N) is 3. The predicted octanol–water partition coefficient (Wildman–Crippen LogP) is 4.64. The van der Waals surface area contributed by atoms with Crippen molar-refractivity contribution >= 4 is 29.9 Å². The number of nitrogens with one attached hydrogen (secondary N) is 2. The molecule has 0 aliphatic heterocycles. The minimum Gasteiger partial charge on any atom is -0.387 e. The van der Waals surface area contributed by atoms with Crippen molar-refractivity contribution in [3.05, 3.63) is 89.5 Å². The topological polar surface area (TPSA) is 74.5 Å². The number of rotatable bonds is 8. The van der Waals surface area contributed by atoms with Gasteiger partial charge in [-0.05, 0) is 34.6 Å². The van der Waals surface area contributed by atoms with E-state index in [0.29, 0.717) is 19.0 Å². The van der Waals surface area contributed by atoms with Gasteiger partial charge in [0, 0.05) is 32.0 Å². The van der Waals surface area contributed by atoms with Crippen LogP contribution in [0, 0.1) is 0 Å². The first kappa shape index (κ1) is 26.9. The molecule has 2 aromatic carbocycles. The van der Waals surface area contributed by atoms with E-state index in [-0.39, 0.29) is 29.4 Å². The highest BCUT2D eigenvalue weighted by Gasteiger charge is 2.15. The summed E-state index contributed by atoms with van der Waals surface area (Å²) in [5.41, 5.74) is 4.60. The van der Waals surface area contributed by atoms with E-state index < -0.39 is 6.10 Å². The van der Waals surface area contributed by atoms with Crippen LogP contribution in [-0.4, -0.2) is 33.7 Å². The van der Waals surface area contributed by atoms with Gasteiger partial charge in [-0.1, -0.05) is 69.3 Å². The van der Waals surface area contributed by atoms with Gasteiger partial charge in [0.25, 0.3) is 0 Å². The Kier molecular flexibility index (Phi) is 10.4. The fourth-order valence-corrected chi connectivity index (χ4v) is 3.45. The molecule has 33 heavy (non-hydrogen) atoms. The van der Waals surface area contributed by atoms with Crippen molar-refractivity contribution in [2.24, 2.45) is 4.99 Å².